The summed E-state index contributed by atoms with van der Waals surface area (Å²) >= 11 is 0. The van der Waals surface area contributed by atoms with E-state index in [4.69, 9.17) is 4.55 Å². The Morgan fingerprint density at radius 1 is 1.06 bits per heavy atom. The predicted molar refractivity (Wildman–Crippen MR) is 145 cm³/mol. The van der Waals surface area contributed by atoms with Gasteiger partial charge in [0.2, 0.25) is 0 Å². The third-order valence-electron chi connectivity index (χ3n) is 3.80. The summed E-state index contributed by atoms with van der Waals surface area (Å²) in [4.78, 5) is 4.68. The van der Waals surface area contributed by atoms with Crippen molar-refractivity contribution < 1.29 is 13.0 Å². The van der Waals surface area contributed by atoms with Crippen LogP contribution in [0.15, 0.2) is 60.5 Å². The van der Waals surface area contributed by atoms with Crippen molar-refractivity contribution >= 4 is 21.8 Å². The molecule has 3 N–H and O–H groups in total. The maximum atomic E-state index is 9.61. The van der Waals surface area contributed by atoms with Gasteiger partial charge in [-0.3, -0.25) is 4.55 Å². The van der Waals surface area contributed by atoms with Crippen LogP contribution in [0.3, 0.4) is 0 Å². The zero-order chi connectivity index (χ0) is 26.7. The SMILES string of the molecule is C=C/C=C(\C=C/C)Nc1nc(NC(/C=C\C)=C/CC)c(C)c(C)c1C#N.CCC.CS(=O)(=O)O. The number of hydrogen-bond acceptors (Lipinski definition) is 6. The molecule has 0 fully saturated rings. The van der Waals surface area contributed by atoms with Gasteiger partial charge in [-0.1, -0.05) is 58.1 Å². The molecule has 1 aromatic heterocycles. The molecular weight excluding hydrogens is 448 g/mol. The van der Waals surface area contributed by atoms with E-state index >= 15 is 0 Å². The molecule has 188 valence electrons. The maximum absolute atomic E-state index is 9.61. The van der Waals surface area contributed by atoms with Crippen molar-refractivity contribution in [2.75, 3.05) is 16.9 Å². The molecule has 0 saturated carbocycles. The molecule has 0 saturated heterocycles. The van der Waals surface area contributed by atoms with E-state index < -0.39 is 10.1 Å². The lowest BCUT2D eigenvalue weighted by Crippen LogP contribution is -2.09. The molecule has 1 heterocycles. The highest BCUT2D eigenvalue weighted by atomic mass is 32.2. The summed E-state index contributed by atoms with van der Waals surface area (Å²) in [5.74, 6) is 1.26. The Morgan fingerprint density at radius 2 is 1.53 bits per heavy atom. The van der Waals surface area contributed by atoms with Gasteiger partial charge in [0.25, 0.3) is 10.1 Å². The molecule has 0 atom stereocenters. The minimum Gasteiger partial charge on any atom is -0.340 e. The van der Waals surface area contributed by atoms with Crippen LogP contribution in [0.4, 0.5) is 11.6 Å². The minimum atomic E-state index is -3.67. The summed E-state index contributed by atoms with van der Waals surface area (Å²) < 4.78 is 25.9. The van der Waals surface area contributed by atoms with Crippen LogP contribution >= 0.6 is 0 Å². The summed E-state index contributed by atoms with van der Waals surface area (Å²) in [7, 11) is -3.67. The number of rotatable bonds is 8. The van der Waals surface area contributed by atoms with E-state index in [-0.39, 0.29) is 0 Å². The van der Waals surface area contributed by atoms with Gasteiger partial charge < -0.3 is 10.6 Å². The second kappa shape index (κ2) is 18.3. The van der Waals surface area contributed by atoms with Crippen molar-refractivity contribution in [1.29, 1.82) is 5.26 Å². The zero-order valence-corrected chi connectivity index (χ0v) is 22.5. The van der Waals surface area contributed by atoms with Gasteiger partial charge in [-0.25, -0.2) is 4.98 Å². The first-order valence-electron chi connectivity index (χ1n) is 11.1. The summed E-state index contributed by atoms with van der Waals surface area (Å²) in [6, 6.07) is 2.27. The third-order valence-corrected chi connectivity index (χ3v) is 3.80. The van der Waals surface area contributed by atoms with Gasteiger partial charge in [-0.15, -0.1) is 0 Å². The molecule has 0 aromatic carbocycles. The van der Waals surface area contributed by atoms with Gasteiger partial charge in [-0.2, -0.15) is 13.7 Å². The molecule has 0 unspecified atom stereocenters. The van der Waals surface area contributed by atoms with Crippen LogP contribution in [-0.2, 0) is 10.1 Å². The number of nitrogens with one attached hydrogen (secondary N) is 2. The van der Waals surface area contributed by atoms with Crippen molar-refractivity contribution in [2.45, 2.75) is 61.3 Å². The van der Waals surface area contributed by atoms with Crippen molar-refractivity contribution in [2.24, 2.45) is 0 Å². The molecule has 1 aromatic rings. The fourth-order valence-corrected chi connectivity index (χ4v) is 2.42. The van der Waals surface area contributed by atoms with E-state index in [1.807, 2.05) is 58.1 Å². The Morgan fingerprint density at radius 3 is 1.94 bits per heavy atom. The van der Waals surface area contributed by atoms with Crippen LogP contribution in [0.1, 0.15) is 64.2 Å². The molecule has 0 amide bonds. The van der Waals surface area contributed by atoms with Crippen LogP contribution in [0.5, 0.6) is 0 Å². The van der Waals surface area contributed by atoms with E-state index in [2.05, 4.69) is 55.1 Å². The number of hydrogen-bond donors (Lipinski definition) is 3. The van der Waals surface area contributed by atoms with E-state index in [0.717, 1.165) is 34.8 Å². The average Bonchev–Trinajstić information content (AvgIpc) is 2.72. The van der Waals surface area contributed by atoms with Gasteiger partial charge in [0.15, 0.2) is 5.82 Å². The van der Waals surface area contributed by atoms with Gasteiger partial charge in [0.1, 0.15) is 11.9 Å². The van der Waals surface area contributed by atoms with Gasteiger partial charge in [0, 0.05) is 11.4 Å². The molecular formula is C26H40N4O3S. The van der Waals surface area contributed by atoms with Crippen molar-refractivity contribution in [1.82, 2.24) is 4.98 Å². The number of allylic oxidation sites excluding steroid dienone is 7. The first-order chi connectivity index (χ1) is 15.9. The second-order valence-corrected chi connectivity index (χ2v) is 8.63. The first-order valence-corrected chi connectivity index (χ1v) is 12.9. The molecule has 34 heavy (non-hydrogen) atoms. The largest absolute Gasteiger partial charge is 0.340 e. The number of anilines is 2. The summed E-state index contributed by atoms with van der Waals surface area (Å²) in [6.45, 7) is 17.9. The Balaban J connectivity index is 0. The molecule has 0 aliphatic carbocycles. The molecule has 0 aliphatic rings. The molecule has 8 heteroatoms. The number of pyridine rings is 1. The monoisotopic (exact) mass is 488 g/mol. The zero-order valence-electron chi connectivity index (χ0n) is 21.7. The summed E-state index contributed by atoms with van der Waals surface area (Å²) in [5.41, 5.74) is 4.20. The fourth-order valence-electron chi connectivity index (χ4n) is 2.42. The number of nitrogens with zero attached hydrogens (tertiary/aromatic N) is 2. The second-order valence-electron chi connectivity index (χ2n) is 7.16. The minimum absolute atomic E-state index is 0.528. The van der Waals surface area contributed by atoms with E-state index in [0.29, 0.717) is 17.6 Å². The molecule has 0 radical (unpaired) electrons. The highest BCUT2D eigenvalue weighted by molar-refractivity contribution is 7.85. The summed E-state index contributed by atoms with van der Waals surface area (Å²) in [6.07, 6.45) is 16.3. The Bertz CT molecular complexity index is 1040. The normalized spacial score (nSPS) is 11.8. The van der Waals surface area contributed by atoms with Gasteiger partial charge in [-0.05, 0) is 63.5 Å². The van der Waals surface area contributed by atoms with Crippen molar-refractivity contribution in [3.05, 3.63) is 77.2 Å². The lowest BCUT2D eigenvalue weighted by molar-refractivity contribution is 0.490. The summed E-state index contributed by atoms with van der Waals surface area (Å²) in [5, 5.41) is 16.2. The average molecular weight is 489 g/mol. The smallest absolute Gasteiger partial charge is 0.261 e. The van der Waals surface area contributed by atoms with Gasteiger partial charge >= 0.3 is 0 Å². The molecule has 0 bridgehead atoms. The first kappa shape index (κ1) is 33.0. The van der Waals surface area contributed by atoms with Crippen LogP contribution in [0.2, 0.25) is 0 Å². The van der Waals surface area contributed by atoms with Crippen molar-refractivity contribution in [3.8, 4) is 6.07 Å². The van der Waals surface area contributed by atoms with Crippen LogP contribution in [0, 0.1) is 25.2 Å². The van der Waals surface area contributed by atoms with E-state index in [1.54, 1.807) is 6.08 Å². The lowest BCUT2D eigenvalue weighted by Gasteiger charge is -2.17. The maximum Gasteiger partial charge on any atom is 0.261 e. The lowest BCUT2D eigenvalue weighted by atomic mass is 10.1. The third kappa shape index (κ3) is 14.8. The van der Waals surface area contributed by atoms with E-state index in [9.17, 15) is 13.7 Å². The standard InChI is InChI=1S/C22H28N4.C3H8.CH4O3S/c1-7-11-18(12-8-2)24-21-17(6)16(5)20(15-23)22(26-21)25-19(13-9-3)14-10-4;1-3-2;1-5(2,3)4/h7,9-14H,3,8H2,1-2,4-6H3,(H2,24,25,26);3H2,1-2H3;1H3,(H,2,3,4)/b11-7-,14-10-,18-12+,19-13+;;. The molecule has 0 aliphatic heterocycles. The Labute approximate surface area is 206 Å². The number of aromatic nitrogens is 1. The molecule has 7 nitrogen and oxygen atoms in total. The van der Waals surface area contributed by atoms with Crippen molar-refractivity contribution in [3.63, 3.8) is 0 Å². The fraction of sp³-hybridized carbons (Fsp3) is 0.385. The predicted octanol–water partition coefficient (Wildman–Crippen LogP) is 6.83. The van der Waals surface area contributed by atoms with Gasteiger partial charge in [0.05, 0.1) is 11.8 Å². The Kier molecular flexibility index (Phi) is 17.8. The number of nitriles is 1. The quantitative estimate of drug-likeness (QED) is 0.271. The van der Waals surface area contributed by atoms with E-state index in [1.165, 1.54) is 6.42 Å². The highest BCUT2D eigenvalue weighted by Crippen LogP contribution is 2.27. The van der Waals surface area contributed by atoms with Crippen LogP contribution in [0.25, 0.3) is 0 Å². The molecule has 0 spiro atoms. The molecule has 1 rings (SSSR count). The van der Waals surface area contributed by atoms with Crippen LogP contribution in [-0.4, -0.2) is 24.2 Å². The Hall–Kier alpha value is -3.15. The topological polar surface area (TPSA) is 115 Å². The highest BCUT2D eigenvalue weighted by Gasteiger charge is 2.15. The van der Waals surface area contributed by atoms with Crippen LogP contribution < -0.4 is 10.6 Å².